The van der Waals surface area contributed by atoms with E-state index in [-0.39, 0.29) is 11.0 Å². The van der Waals surface area contributed by atoms with Crippen LogP contribution in [0.25, 0.3) is 0 Å². The summed E-state index contributed by atoms with van der Waals surface area (Å²) in [5, 5.41) is 2.55. The molecule has 1 heterocycles. The van der Waals surface area contributed by atoms with Crippen LogP contribution in [-0.4, -0.2) is 25.3 Å². The molecule has 0 amide bonds. The Morgan fingerprint density at radius 2 is 2.29 bits per heavy atom. The van der Waals surface area contributed by atoms with Gasteiger partial charge in [0.25, 0.3) is 0 Å². The average Bonchev–Trinajstić information content (AvgIpc) is 2.58. The maximum Gasteiger partial charge on any atom is 0.158 e. The lowest BCUT2D eigenvalue weighted by atomic mass is 10.0. The van der Waals surface area contributed by atoms with Crippen LogP contribution >= 0.6 is 11.3 Å². The van der Waals surface area contributed by atoms with Crippen molar-refractivity contribution in [1.82, 2.24) is 4.98 Å². The zero-order chi connectivity index (χ0) is 12.3. The lowest BCUT2D eigenvalue weighted by Crippen LogP contribution is -2.29. The molecule has 0 unspecified atom stereocenters. The lowest BCUT2D eigenvalue weighted by molar-refractivity contribution is 0.134. The van der Waals surface area contributed by atoms with E-state index in [9.17, 15) is 8.42 Å². The second-order valence-electron chi connectivity index (χ2n) is 4.23. The Bertz CT molecular complexity index is 463. The Labute approximate surface area is 106 Å². The van der Waals surface area contributed by atoms with Gasteiger partial charge in [-0.15, -0.1) is 11.3 Å². The SMILES string of the molecule is CCOCc1nc(CS(=O)(=O)C2CCC2)cs1. The maximum absolute atomic E-state index is 11.9. The normalized spacial score (nSPS) is 17.0. The standard InChI is InChI=1S/C11H17NO3S2/c1-2-15-6-11-12-9(7-16-11)8-17(13,14)10-4-3-5-10/h7,10H,2-6,8H2,1H3. The molecule has 0 radical (unpaired) electrons. The molecule has 6 heteroatoms. The highest BCUT2D eigenvalue weighted by Crippen LogP contribution is 2.28. The van der Waals surface area contributed by atoms with E-state index in [0.717, 1.165) is 24.3 Å². The molecule has 1 aliphatic carbocycles. The third kappa shape index (κ3) is 3.26. The maximum atomic E-state index is 11.9. The zero-order valence-electron chi connectivity index (χ0n) is 9.89. The monoisotopic (exact) mass is 275 g/mol. The Kier molecular flexibility index (Phi) is 4.17. The molecular formula is C11H17NO3S2. The van der Waals surface area contributed by atoms with Crippen LogP contribution in [-0.2, 0) is 26.9 Å². The number of hydrogen-bond donors (Lipinski definition) is 0. The van der Waals surface area contributed by atoms with Crippen LogP contribution in [0.4, 0.5) is 0 Å². The van der Waals surface area contributed by atoms with Crippen LogP contribution in [0.3, 0.4) is 0 Å². The first-order valence-corrected chi connectivity index (χ1v) is 8.44. The smallest absolute Gasteiger partial charge is 0.158 e. The number of rotatable bonds is 6. The van der Waals surface area contributed by atoms with Crippen molar-refractivity contribution >= 4 is 21.2 Å². The van der Waals surface area contributed by atoms with Crippen LogP contribution in [0.2, 0.25) is 0 Å². The molecule has 2 rings (SSSR count). The van der Waals surface area contributed by atoms with Crippen molar-refractivity contribution in [3.63, 3.8) is 0 Å². The summed E-state index contributed by atoms with van der Waals surface area (Å²) in [5.41, 5.74) is 0.664. The van der Waals surface area contributed by atoms with Gasteiger partial charge >= 0.3 is 0 Å². The highest BCUT2D eigenvalue weighted by Gasteiger charge is 2.31. The summed E-state index contributed by atoms with van der Waals surface area (Å²) >= 11 is 1.47. The van der Waals surface area contributed by atoms with Crippen LogP contribution < -0.4 is 0 Å². The minimum Gasteiger partial charge on any atom is -0.375 e. The van der Waals surface area contributed by atoms with Crippen molar-refractivity contribution in [3.8, 4) is 0 Å². The highest BCUT2D eigenvalue weighted by atomic mass is 32.2. The number of hydrogen-bond acceptors (Lipinski definition) is 5. The fraction of sp³-hybridized carbons (Fsp3) is 0.727. The number of sulfone groups is 1. The second kappa shape index (κ2) is 5.46. The minimum absolute atomic E-state index is 0.0836. The first-order chi connectivity index (χ1) is 8.12. The zero-order valence-corrected chi connectivity index (χ0v) is 11.5. The largest absolute Gasteiger partial charge is 0.375 e. The fourth-order valence-electron chi connectivity index (χ4n) is 1.72. The van der Waals surface area contributed by atoms with Crippen molar-refractivity contribution in [1.29, 1.82) is 0 Å². The number of ether oxygens (including phenoxy) is 1. The molecule has 4 nitrogen and oxygen atoms in total. The van der Waals surface area contributed by atoms with Gasteiger partial charge in [0.2, 0.25) is 0 Å². The average molecular weight is 275 g/mol. The first kappa shape index (κ1) is 13.0. The molecule has 0 aliphatic heterocycles. The van der Waals surface area contributed by atoms with Crippen molar-refractivity contribution in [2.75, 3.05) is 6.61 Å². The molecule has 1 aromatic heterocycles. The molecule has 1 aliphatic rings. The molecule has 0 atom stereocenters. The number of thiazole rings is 1. The third-order valence-corrected chi connectivity index (χ3v) is 5.99. The van der Waals surface area contributed by atoms with Crippen LogP contribution in [0, 0.1) is 0 Å². The van der Waals surface area contributed by atoms with E-state index in [4.69, 9.17) is 4.74 Å². The van der Waals surface area contributed by atoms with E-state index in [2.05, 4.69) is 4.98 Å². The van der Waals surface area contributed by atoms with E-state index >= 15 is 0 Å². The Balaban J connectivity index is 1.96. The third-order valence-electron chi connectivity index (χ3n) is 2.94. The van der Waals surface area contributed by atoms with Gasteiger partial charge in [-0.25, -0.2) is 13.4 Å². The van der Waals surface area contributed by atoms with Crippen molar-refractivity contribution in [2.45, 2.75) is 43.8 Å². The summed E-state index contributed by atoms with van der Waals surface area (Å²) < 4.78 is 29.1. The van der Waals surface area contributed by atoms with E-state index in [1.807, 2.05) is 12.3 Å². The van der Waals surface area contributed by atoms with Crippen molar-refractivity contribution in [2.24, 2.45) is 0 Å². The summed E-state index contributed by atoms with van der Waals surface area (Å²) in [7, 11) is -2.98. The Morgan fingerprint density at radius 3 is 2.88 bits per heavy atom. The molecule has 0 N–H and O–H groups in total. The summed E-state index contributed by atoms with van der Waals surface area (Å²) in [4.78, 5) is 4.29. The Hall–Kier alpha value is -0.460. The topological polar surface area (TPSA) is 56.3 Å². The number of nitrogens with zero attached hydrogens (tertiary/aromatic N) is 1. The summed E-state index contributed by atoms with van der Waals surface area (Å²) in [6.45, 7) is 3.05. The molecule has 17 heavy (non-hydrogen) atoms. The second-order valence-corrected chi connectivity index (χ2v) is 7.45. The van der Waals surface area contributed by atoms with Crippen LogP contribution in [0.15, 0.2) is 5.38 Å². The molecule has 1 fully saturated rings. The Morgan fingerprint density at radius 1 is 1.53 bits per heavy atom. The molecule has 0 spiro atoms. The highest BCUT2D eigenvalue weighted by molar-refractivity contribution is 7.91. The summed E-state index contributed by atoms with van der Waals surface area (Å²) in [6, 6.07) is 0. The van der Waals surface area contributed by atoms with Gasteiger partial charge in [-0.2, -0.15) is 0 Å². The van der Waals surface area contributed by atoms with Gasteiger partial charge in [0.1, 0.15) is 5.01 Å². The van der Waals surface area contributed by atoms with Gasteiger partial charge in [0, 0.05) is 12.0 Å². The van der Waals surface area contributed by atoms with Gasteiger partial charge in [-0.05, 0) is 19.8 Å². The molecule has 0 saturated heterocycles. The summed E-state index contributed by atoms with van der Waals surface area (Å²) in [6.07, 6.45) is 2.67. The number of aromatic nitrogens is 1. The van der Waals surface area contributed by atoms with Gasteiger partial charge in [-0.3, -0.25) is 0 Å². The summed E-state index contributed by atoms with van der Waals surface area (Å²) in [5.74, 6) is 0.0836. The molecule has 0 bridgehead atoms. The van der Waals surface area contributed by atoms with Crippen LogP contribution in [0.5, 0.6) is 0 Å². The fourth-order valence-corrected chi connectivity index (χ4v) is 4.41. The first-order valence-electron chi connectivity index (χ1n) is 5.84. The lowest BCUT2D eigenvalue weighted by Gasteiger charge is -2.24. The van der Waals surface area contributed by atoms with E-state index in [0.29, 0.717) is 18.9 Å². The van der Waals surface area contributed by atoms with E-state index in [1.165, 1.54) is 11.3 Å². The quantitative estimate of drug-likeness (QED) is 0.798. The van der Waals surface area contributed by atoms with Gasteiger partial charge in [0.15, 0.2) is 9.84 Å². The van der Waals surface area contributed by atoms with Crippen molar-refractivity contribution in [3.05, 3.63) is 16.1 Å². The predicted octanol–water partition coefficient (Wildman–Crippen LogP) is 2.15. The van der Waals surface area contributed by atoms with E-state index in [1.54, 1.807) is 0 Å². The van der Waals surface area contributed by atoms with Gasteiger partial charge in [-0.1, -0.05) is 6.42 Å². The minimum atomic E-state index is -2.98. The van der Waals surface area contributed by atoms with E-state index < -0.39 is 9.84 Å². The van der Waals surface area contributed by atoms with Crippen LogP contribution in [0.1, 0.15) is 36.9 Å². The molecule has 96 valence electrons. The molecule has 0 aromatic carbocycles. The van der Waals surface area contributed by atoms with Crippen molar-refractivity contribution < 1.29 is 13.2 Å². The van der Waals surface area contributed by atoms with Gasteiger partial charge < -0.3 is 4.74 Å². The molecular weight excluding hydrogens is 258 g/mol. The molecule has 1 aromatic rings. The molecule has 1 saturated carbocycles. The predicted molar refractivity (Wildman–Crippen MR) is 67.7 cm³/mol. The van der Waals surface area contributed by atoms with Gasteiger partial charge in [0.05, 0.1) is 23.3 Å².